The van der Waals surface area contributed by atoms with Crippen molar-refractivity contribution in [2.45, 2.75) is 52.2 Å². The number of hydrogen-bond donors (Lipinski definition) is 0. The molecular weight excluding hydrogens is 282 g/mol. The smallest absolute Gasteiger partial charge is 0.410 e. The van der Waals surface area contributed by atoms with E-state index in [0.717, 1.165) is 30.5 Å². The number of hydrogen-bond acceptors (Lipinski definition) is 4. The van der Waals surface area contributed by atoms with Crippen LogP contribution in [0.3, 0.4) is 0 Å². The van der Waals surface area contributed by atoms with Gasteiger partial charge in [0.25, 0.3) is 5.56 Å². The van der Waals surface area contributed by atoms with Crippen molar-refractivity contribution in [1.29, 1.82) is 0 Å². The average molecular weight is 305 g/mol. The number of fused-ring (bicyclic) bond motifs is 1. The summed E-state index contributed by atoms with van der Waals surface area (Å²) in [5.41, 5.74) is 1.66. The molecule has 3 rings (SSSR count). The first-order valence-corrected chi connectivity index (χ1v) is 7.90. The highest BCUT2D eigenvalue weighted by Gasteiger charge is 2.34. The van der Waals surface area contributed by atoms with Crippen LogP contribution in [0.15, 0.2) is 10.9 Å². The molecule has 1 amide bonds. The number of amides is 1. The highest BCUT2D eigenvalue weighted by atomic mass is 16.6. The molecule has 6 nitrogen and oxygen atoms in total. The van der Waals surface area contributed by atoms with Gasteiger partial charge in [0.2, 0.25) is 0 Å². The SMILES string of the molecule is CC(C)(C)OC(=O)N1CC(Cn2nc3c(cc2=O)CCC3)C1. The van der Waals surface area contributed by atoms with Gasteiger partial charge in [0.05, 0.1) is 12.2 Å². The highest BCUT2D eigenvalue weighted by Crippen LogP contribution is 2.21. The van der Waals surface area contributed by atoms with Gasteiger partial charge in [-0.25, -0.2) is 9.48 Å². The zero-order valence-electron chi connectivity index (χ0n) is 13.5. The monoisotopic (exact) mass is 305 g/mol. The average Bonchev–Trinajstić information content (AvgIpc) is 2.77. The number of carbonyl (C=O) groups excluding carboxylic acids is 1. The molecule has 1 fully saturated rings. The maximum absolute atomic E-state index is 12.1. The third-order valence-corrected chi connectivity index (χ3v) is 4.06. The molecule has 0 radical (unpaired) electrons. The minimum absolute atomic E-state index is 0.0311. The third-order valence-electron chi connectivity index (χ3n) is 4.06. The van der Waals surface area contributed by atoms with Crippen molar-refractivity contribution >= 4 is 6.09 Å². The molecule has 1 aliphatic heterocycles. The van der Waals surface area contributed by atoms with Crippen LogP contribution in [0.1, 0.15) is 38.4 Å². The minimum atomic E-state index is -0.472. The summed E-state index contributed by atoms with van der Waals surface area (Å²) < 4.78 is 6.88. The van der Waals surface area contributed by atoms with Crippen LogP contribution < -0.4 is 5.56 Å². The van der Waals surface area contributed by atoms with Crippen LogP contribution >= 0.6 is 0 Å². The maximum Gasteiger partial charge on any atom is 0.410 e. The molecular formula is C16H23N3O3. The molecule has 2 heterocycles. The molecule has 1 aromatic rings. The first-order chi connectivity index (χ1) is 10.3. The second-order valence-electron chi connectivity index (χ2n) is 7.24. The number of aromatic nitrogens is 2. The zero-order valence-corrected chi connectivity index (χ0v) is 13.5. The Hall–Kier alpha value is -1.85. The molecule has 0 atom stereocenters. The van der Waals surface area contributed by atoms with E-state index in [2.05, 4.69) is 5.10 Å². The lowest BCUT2D eigenvalue weighted by Crippen LogP contribution is -2.53. The first kappa shape index (κ1) is 15.1. The highest BCUT2D eigenvalue weighted by molar-refractivity contribution is 5.69. The lowest BCUT2D eigenvalue weighted by molar-refractivity contribution is -0.00406. The minimum Gasteiger partial charge on any atom is -0.444 e. The second kappa shape index (κ2) is 5.41. The first-order valence-electron chi connectivity index (χ1n) is 7.90. The van der Waals surface area contributed by atoms with Gasteiger partial charge < -0.3 is 9.64 Å². The van der Waals surface area contributed by atoms with Gasteiger partial charge in [0, 0.05) is 25.1 Å². The van der Waals surface area contributed by atoms with E-state index in [1.807, 2.05) is 20.8 Å². The Morgan fingerprint density at radius 2 is 2.09 bits per heavy atom. The standard InChI is InChI=1S/C16H23N3O3/c1-16(2,3)22-15(21)18-8-11(9-18)10-19-14(20)7-12-5-4-6-13(12)17-19/h7,11H,4-6,8-10H2,1-3H3. The Kier molecular flexibility index (Phi) is 3.70. The van der Waals surface area contributed by atoms with Crippen molar-refractivity contribution in [3.8, 4) is 0 Å². The predicted molar refractivity (Wildman–Crippen MR) is 81.8 cm³/mol. The second-order valence-corrected chi connectivity index (χ2v) is 7.24. The molecule has 1 aromatic heterocycles. The van der Waals surface area contributed by atoms with Gasteiger partial charge in [-0.2, -0.15) is 5.10 Å². The normalized spacial score (nSPS) is 18.0. The molecule has 0 saturated carbocycles. The molecule has 0 aromatic carbocycles. The topological polar surface area (TPSA) is 64.4 Å². The summed E-state index contributed by atoms with van der Waals surface area (Å²) in [6, 6.07) is 1.72. The Bertz CT molecular complexity index is 639. The molecule has 22 heavy (non-hydrogen) atoms. The third kappa shape index (κ3) is 3.15. The Labute approximate surface area is 130 Å². The number of ether oxygens (including phenoxy) is 1. The van der Waals surface area contributed by atoms with Crippen LogP contribution in [-0.4, -0.2) is 39.5 Å². The summed E-state index contributed by atoms with van der Waals surface area (Å²) in [4.78, 5) is 25.6. The van der Waals surface area contributed by atoms with E-state index in [4.69, 9.17) is 4.74 Å². The molecule has 0 unspecified atom stereocenters. The fourth-order valence-corrected chi connectivity index (χ4v) is 2.98. The van der Waals surface area contributed by atoms with Crippen molar-refractivity contribution in [3.63, 3.8) is 0 Å². The fraction of sp³-hybridized carbons (Fsp3) is 0.688. The summed E-state index contributed by atoms with van der Waals surface area (Å²) in [5, 5.41) is 4.47. The molecule has 1 aliphatic carbocycles. The Morgan fingerprint density at radius 3 is 2.77 bits per heavy atom. The molecule has 0 N–H and O–H groups in total. The van der Waals surface area contributed by atoms with E-state index >= 15 is 0 Å². The summed E-state index contributed by atoms with van der Waals surface area (Å²) in [6.45, 7) is 7.40. The molecule has 6 heteroatoms. The predicted octanol–water partition coefficient (Wildman–Crippen LogP) is 1.60. The maximum atomic E-state index is 12.1. The van der Waals surface area contributed by atoms with Gasteiger partial charge in [-0.15, -0.1) is 0 Å². The van der Waals surface area contributed by atoms with Gasteiger partial charge >= 0.3 is 6.09 Å². The van der Waals surface area contributed by atoms with Gasteiger partial charge in [-0.05, 0) is 45.6 Å². The Balaban J connectivity index is 1.57. The number of carbonyl (C=O) groups is 1. The van der Waals surface area contributed by atoms with Crippen molar-refractivity contribution in [1.82, 2.24) is 14.7 Å². The Morgan fingerprint density at radius 1 is 1.36 bits per heavy atom. The zero-order chi connectivity index (χ0) is 15.9. The number of nitrogens with zero attached hydrogens (tertiary/aromatic N) is 3. The molecule has 0 spiro atoms. The van der Waals surface area contributed by atoms with Crippen molar-refractivity contribution < 1.29 is 9.53 Å². The summed E-state index contributed by atoms with van der Waals surface area (Å²) in [5.74, 6) is 0.275. The quantitative estimate of drug-likeness (QED) is 0.832. The number of likely N-dealkylation sites (tertiary alicyclic amines) is 1. The van der Waals surface area contributed by atoms with Crippen LogP contribution in [0.2, 0.25) is 0 Å². The van der Waals surface area contributed by atoms with Gasteiger partial charge in [0.1, 0.15) is 5.60 Å². The van der Waals surface area contributed by atoms with Crippen LogP contribution in [0.25, 0.3) is 0 Å². The lowest BCUT2D eigenvalue weighted by atomic mass is 10.0. The van der Waals surface area contributed by atoms with Crippen LogP contribution in [-0.2, 0) is 24.1 Å². The van der Waals surface area contributed by atoms with Crippen LogP contribution in [0.4, 0.5) is 4.79 Å². The summed E-state index contributed by atoms with van der Waals surface area (Å²) >= 11 is 0. The molecule has 120 valence electrons. The molecule has 2 aliphatic rings. The van der Waals surface area contributed by atoms with E-state index in [0.29, 0.717) is 19.6 Å². The van der Waals surface area contributed by atoms with Gasteiger partial charge in [-0.3, -0.25) is 4.79 Å². The fourth-order valence-electron chi connectivity index (χ4n) is 2.98. The lowest BCUT2D eigenvalue weighted by Gasteiger charge is -2.39. The van der Waals surface area contributed by atoms with Crippen LogP contribution in [0.5, 0.6) is 0 Å². The van der Waals surface area contributed by atoms with E-state index in [9.17, 15) is 9.59 Å². The van der Waals surface area contributed by atoms with Gasteiger partial charge in [-0.1, -0.05) is 0 Å². The summed E-state index contributed by atoms with van der Waals surface area (Å²) in [7, 11) is 0. The van der Waals surface area contributed by atoms with Crippen LogP contribution in [0, 0.1) is 5.92 Å². The van der Waals surface area contributed by atoms with E-state index in [-0.39, 0.29) is 17.6 Å². The number of aryl methyl sites for hydroxylation is 2. The molecule has 0 bridgehead atoms. The molecule has 1 saturated heterocycles. The van der Waals surface area contributed by atoms with Crippen molar-refractivity contribution in [2.24, 2.45) is 5.92 Å². The van der Waals surface area contributed by atoms with Crippen molar-refractivity contribution in [3.05, 3.63) is 27.7 Å². The van der Waals surface area contributed by atoms with E-state index in [1.165, 1.54) is 0 Å². The van der Waals surface area contributed by atoms with E-state index < -0.39 is 5.60 Å². The van der Waals surface area contributed by atoms with Crippen molar-refractivity contribution in [2.75, 3.05) is 13.1 Å². The van der Waals surface area contributed by atoms with Gasteiger partial charge in [0.15, 0.2) is 0 Å². The van der Waals surface area contributed by atoms with E-state index in [1.54, 1.807) is 15.6 Å². The largest absolute Gasteiger partial charge is 0.444 e. The number of rotatable bonds is 2. The summed E-state index contributed by atoms with van der Waals surface area (Å²) in [6.07, 6.45) is 2.73.